The Kier molecular flexibility index (Phi) is 4.92. The van der Waals surface area contributed by atoms with Crippen molar-refractivity contribution in [3.63, 3.8) is 0 Å². The van der Waals surface area contributed by atoms with Gasteiger partial charge in [0.1, 0.15) is 0 Å². The second-order valence-electron chi connectivity index (χ2n) is 5.12. The van der Waals surface area contributed by atoms with Crippen LogP contribution in [0.5, 0.6) is 11.5 Å². The number of hydrogen-bond acceptors (Lipinski definition) is 5. The highest BCUT2D eigenvalue weighted by Gasteiger charge is 2.32. The van der Waals surface area contributed by atoms with E-state index in [0.29, 0.717) is 30.9 Å². The number of ether oxygens (including phenoxy) is 2. The molecule has 0 saturated carbocycles. The lowest BCUT2D eigenvalue weighted by Gasteiger charge is -2.30. The predicted octanol–water partition coefficient (Wildman–Crippen LogP) is 0.590. The summed E-state index contributed by atoms with van der Waals surface area (Å²) in [5.74, 6) is -0.113. The Labute approximate surface area is 130 Å². The van der Waals surface area contributed by atoms with Gasteiger partial charge in [0.05, 0.1) is 25.0 Å². The monoisotopic (exact) mass is 328 g/mol. The van der Waals surface area contributed by atoms with Crippen LogP contribution in [0.2, 0.25) is 0 Å². The summed E-state index contributed by atoms with van der Waals surface area (Å²) < 4.78 is 36.9. The number of amides is 1. The fourth-order valence-electron chi connectivity index (χ4n) is 2.52. The van der Waals surface area contributed by atoms with Crippen LogP contribution in [0.3, 0.4) is 0 Å². The van der Waals surface area contributed by atoms with Crippen LogP contribution in [0.15, 0.2) is 23.1 Å². The molecule has 122 valence electrons. The van der Waals surface area contributed by atoms with E-state index in [4.69, 9.17) is 15.2 Å². The Morgan fingerprint density at radius 1 is 1.27 bits per heavy atom. The molecule has 1 aliphatic heterocycles. The van der Waals surface area contributed by atoms with Gasteiger partial charge in [-0.05, 0) is 25.0 Å². The lowest BCUT2D eigenvalue weighted by molar-refractivity contribution is -0.122. The maximum absolute atomic E-state index is 12.7. The lowest BCUT2D eigenvalue weighted by Crippen LogP contribution is -2.44. The number of benzene rings is 1. The molecular weight excluding hydrogens is 308 g/mol. The number of carbonyl (C=O) groups excluding carboxylic acids is 1. The molecule has 1 atom stereocenters. The molecule has 1 fully saturated rings. The first-order chi connectivity index (χ1) is 10.4. The van der Waals surface area contributed by atoms with E-state index in [1.165, 1.54) is 30.7 Å². The second kappa shape index (κ2) is 6.53. The standard InChI is InChI=1S/C14H20N2O5S/c1-20-12-6-5-11(8-13(12)21-2)22(18,19)16-7-3-4-10(9-16)14(15)17/h5-6,8,10H,3-4,7,9H2,1-2H3,(H2,15,17)/t10-/m1/s1. The molecule has 1 saturated heterocycles. The van der Waals surface area contributed by atoms with Crippen LogP contribution in [0, 0.1) is 5.92 Å². The van der Waals surface area contributed by atoms with Gasteiger partial charge in [-0.2, -0.15) is 4.31 Å². The maximum Gasteiger partial charge on any atom is 0.243 e. The molecule has 1 aliphatic rings. The highest BCUT2D eigenvalue weighted by molar-refractivity contribution is 7.89. The number of piperidine rings is 1. The molecule has 2 N–H and O–H groups in total. The van der Waals surface area contributed by atoms with Gasteiger partial charge in [-0.25, -0.2) is 8.42 Å². The van der Waals surface area contributed by atoms with Crippen molar-refractivity contribution >= 4 is 15.9 Å². The zero-order valence-electron chi connectivity index (χ0n) is 12.6. The average molecular weight is 328 g/mol. The van der Waals surface area contributed by atoms with E-state index in [1.807, 2.05) is 0 Å². The second-order valence-corrected chi connectivity index (χ2v) is 7.06. The number of primary amides is 1. The van der Waals surface area contributed by atoms with E-state index < -0.39 is 21.8 Å². The lowest BCUT2D eigenvalue weighted by atomic mass is 9.99. The first-order valence-electron chi connectivity index (χ1n) is 6.91. The molecule has 1 heterocycles. The zero-order chi connectivity index (χ0) is 16.3. The summed E-state index contributed by atoms with van der Waals surface area (Å²) in [4.78, 5) is 11.4. The van der Waals surface area contributed by atoms with E-state index in [1.54, 1.807) is 6.07 Å². The average Bonchev–Trinajstić information content (AvgIpc) is 2.54. The summed E-state index contributed by atoms with van der Waals surface area (Å²) in [5.41, 5.74) is 5.30. The molecule has 22 heavy (non-hydrogen) atoms. The van der Waals surface area contributed by atoms with Gasteiger partial charge in [0, 0.05) is 19.2 Å². The number of rotatable bonds is 5. The highest BCUT2D eigenvalue weighted by atomic mass is 32.2. The predicted molar refractivity (Wildman–Crippen MR) is 80.2 cm³/mol. The molecule has 0 aromatic heterocycles. The summed E-state index contributed by atoms with van der Waals surface area (Å²) in [5, 5.41) is 0. The van der Waals surface area contributed by atoms with Crippen molar-refractivity contribution in [2.75, 3.05) is 27.3 Å². The van der Waals surface area contributed by atoms with Gasteiger partial charge < -0.3 is 15.2 Å². The van der Waals surface area contributed by atoms with Crippen LogP contribution in [0.1, 0.15) is 12.8 Å². The third-order valence-electron chi connectivity index (χ3n) is 3.78. The Hall–Kier alpha value is -1.80. The normalized spacial score (nSPS) is 19.6. The first kappa shape index (κ1) is 16.6. The van der Waals surface area contributed by atoms with Gasteiger partial charge in [-0.15, -0.1) is 0 Å². The fraction of sp³-hybridized carbons (Fsp3) is 0.500. The van der Waals surface area contributed by atoms with E-state index in [2.05, 4.69) is 0 Å². The molecule has 0 unspecified atom stereocenters. The van der Waals surface area contributed by atoms with Crippen molar-refractivity contribution in [3.8, 4) is 11.5 Å². The van der Waals surface area contributed by atoms with Gasteiger partial charge in [-0.3, -0.25) is 4.79 Å². The van der Waals surface area contributed by atoms with Gasteiger partial charge in [0.15, 0.2) is 11.5 Å². The number of carbonyl (C=O) groups is 1. The summed E-state index contributed by atoms with van der Waals surface area (Å²) in [7, 11) is -0.773. The Balaban J connectivity index is 2.32. The first-order valence-corrected chi connectivity index (χ1v) is 8.35. The summed E-state index contributed by atoms with van der Waals surface area (Å²) >= 11 is 0. The Morgan fingerprint density at radius 3 is 2.55 bits per heavy atom. The molecule has 7 nitrogen and oxygen atoms in total. The molecule has 2 rings (SSSR count). The molecule has 8 heteroatoms. The van der Waals surface area contributed by atoms with Crippen molar-refractivity contribution in [3.05, 3.63) is 18.2 Å². The van der Waals surface area contributed by atoms with Crippen molar-refractivity contribution in [2.24, 2.45) is 11.7 Å². The number of nitrogens with two attached hydrogens (primary N) is 1. The Bertz CT molecular complexity index is 659. The van der Waals surface area contributed by atoms with E-state index in [-0.39, 0.29) is 11.4 Å². The molecule has 0 bridgehead atoms. The van der Waals surface area contributed by atoms with Gasteiger partial charge in [0.25, 0.3) is 0 Å². The third-order valence-corrected chi connectivity index (χ3v) is 5.64. The summed E-state index contributed by atoms with van der Waals surface area (Å²) in [6.45, 7) is 0.493. The minimum atomic E-state index is -3.70. The van der Waals surface area contributed by atoms with Crippen molar-refractivity contribution in [1.82, 2.24) is 4.31 Å². The number of sulfonamides is 1. The topological polar surface area (TPSA) is 98.9 Å². The highest BCUT2D eigenvalue weighted by Crippen LogP contribution is 2.31. The van der Waals surface area contributed by atoms with Gasteiger partial charge in [-0.1, -0.05) is 0 Å². The van der Waals surface area contributed by atoms with Gasteiger partial charge in [0.2, 0.25) is 15.9 Å². The molecular formula is C14H20N2O5S. The summed E-state index contributed by atoms with van der Waals surface area (Å²) in [6.07, 6.45) is 1.23. The minimum absolute atomic E-state index is 0.107. The van der Waals surface area contributed by atoms with Crippen LogP contribution < -0.4 is 15.2 Å². The zero-order valence-corrected chi connectivity index (χ0v) is 13.4. The minimum Gasteiger partial charge on any atom is -0.493 e. The molecule has 1 amide bonds. The van der Waals surface area contributed by atoms with Crippen LogP contribution in [-0.2, 0) is 14.8 Å². The van der Waals surface area contributed by atoms with E-state index in [9.17, 15) is 13.2 Å². The van der Waals surface area contributed by atoms with Crippen LogP contribution >= 0.6 is 0 Å². The number of hydrogen-bond donors (Lipinski definition) is 1. The third kappa shape index (κ3) is 3.17. The summed E-state index contributed by atoms with van der Waals surface area (Å²) in [6, 6.07) is 4.42. The van der Waals surface area contributed by atoms with Crippen molar-refractivity contribution < 1.29 is 22.7 Å². The van der Waals surface area contributed by atoms with Crippen molar-refractivity contribution in [1.29, 1.82) is 0 Å². The molecule has 0 radical (unpaired) electrons. The van der Waals surface area contributed by atoms with Crippen LogP contribution in [0.25, 0.3) is 0 Å². The smallest absolute Gasteiger partial charge is 0.243 e. The fourth-order valence-corrected chi connectivity index (χ4v) is 4.06. The molecule has 0 spiro atoms. The largest absolute Gasteiger partial charge is 0.493 e. The number of nitrogens with zero attached hydrogens (tertiary/aromatic N) is 1. The number of methoxy groups -OCH3 is 2. The molecule has 1 aromatic rings. The van der Waals surface area contributed by atoms with Crippen LogP contribution in [-0.4, -0.2) is 45.9 Å². The van der Waals surface area contributed by atoms with Crippen LogP contribution in [0.4, 0.5) is 0 Å². The SMILES string of the molecule is COc1ccc(S(=O)(=O)N2CCC[C@@H](C(N)=O)C2)cc1OC. The van der Waals surface area contributed by atoms with Gasteiger partial charge >= 0.3 is 0 Å². The van der Waals surface area contributed by atoms with Crippen molar-refractivity contribution in [2.45, 2.75) is 17.7 Å². The van der Waals surface area contributed by atoms with E-state index >= 15 is 0 Å². The quantitative estimate of drug-likeness (QED) is 0.853. The van der Waals surface area contributed by atoms with E-state index in [0.717, 1.165) is 0 Å². The molecule has 1 aromatic carbocycles. The maximum atomic E-state index is 12.7. The molecule has 0 aliphatic carbocycles. The Morgan fingerprint density at radius 2 is 1.95 bits per heavy atom.